The standard InChI is InChI=1S/C37H58N2O5/c1-25(2)38-32(42)39(20-9-21-44-5)24-36(43)17-14-30-34(36,4)16-13-29-33(3)15-12-27(40)22-35(33)18-19-37(29,30)28(23-35)31(41)26-10-7-6-8-11-26/h18-19,23,25-27,29-30,40,43H,6-17,20-22,24H2,1-5H3,(H,38,42)/t27?,29-,30-,33-,34+,35+,36-,37-/m1/s1. The van der Waals surface area contributed by atoms with Crippen LogP contribution in [0.15, 0.2) is 23.8 Å². The Hall–Kier alpha value is -1.70. The van der Waals surface area contributed by atoms with Crippen LogP contribution in [0.5, 0.6) is 0 Å². The van der Waals surface area contributed by atoms with Crippen LogP contribution in [0, 0.1) is 39.4 Å². The summed E-state index contributed by atoms with van der Waals surface area (Å²) in [6, 6.07) is -0.129. The van der Waals surface area contributed by atoms with Crippen LogP contribution in [0.4, 0.5) is 4.79 Å². The van der Waals surface area contributed by atoms with E-state index in [2.05, 4.69) is 37.4 Å². The number of nitrogens with one attached hydrogen (secondary N) is 1. The van der Waals surface area contributed by atoms with Crippen LogP contribution in [0.3, 0.4) is 0 Å². The number of rotatable bonds is 9. The first kappa shape index (κ1) is 32.2. The normalized spacial score (nSPS) is 42.8. The molecule has 4 saturated carbocycles. The average molecular weight is 611 g/mol. The lowest BCUT2D eigenvalue weighted by molar-refractivity contribution is -0.178. The molecule has 0 heterocycles. The lowest BCUT2D eigenvalue weighted by Gasteiger charge is -2.71. The largest absolute Gasteiger partial charge is 0.393 e. The van der Waals surface area contributed by atoms with Crippen LogP contribution < -0.4 is 5.32 Å². The van der Waals surface area contributed by atoms with Gasteiger partial charge in [0.25, 0.3) is 0 Å². The Balaban J connectivity index is 1.40. The first-order valence-corrected chi connectivity index (χ1v) is 17.8. The molecule has 2 amide bonds. The zero-order chi connectivity index (χ0) is 31.5. The van der Waals surface area contributed by atoms with Gasteiger partial charge in [-0.05, 0) is 95.3 Å². The molecule has 0 saturated heterocycles. The molecule has 0 aromatic heterocycles. The minimum Gasteiger partial charge on any atom is -0.393 e. The highest BCUT2D eigenvalue weighted by Gasteiger charge is 2.74. The predicted molar refractivity (Wildman–Crippen MR) is 172 cm³/mol. The molecule has 2 spiro atoms. The summed E-state index contributed by atoms with van der Waals surface area (Å²) >= 11 is 0. The van der Waals surface area contributed by atoms with Crippen molar-refractivity contribution in [3.05, 3.63) is 23.8 Å². The number of urea groups is 1. The molecule has 1 unspecified atom stereocenters. The van der Waals surface area contributed by atoms with Crippen molar-refractivity contribution in [1.82, 2.24) is 10.2 Å². The van der Waals surface area contributed by atoms with Crippen molar-refractivity contribution in [2.24, 2.45) is 39.4 Å². The third-order valence-corrected chi connectivity index (χ3v) is 13.9. The number of fused-ring (bicyclic) bond motifs is 1. The van der Waals surface area contributed by atoms with E-state index in [1.54, 1.807) is 7.11 Å². The molecule has 3 N–H and O–H groups in total. The van der Waals surface area contributed by atoms with Crippen molar-refractivity contribution in [1.29, 1.82) is 0 Å². The number of allylic oxidation sites excluding steroid dienone is 4. The van der Waals surface area contributed by atoms with Gasteiger partial charge in [-0.3, -0.25) is 4.79 Å². The number of methoxy groups -OCH3 is 1. The molecule has 0 aromatic rings. The SMILES string of the molecule is COCCCN(C[C@]1(O)CC[C@H]2[C@]34C=C[C@@]5(C=C3C(=O)C3CCCCC3)CC(O)CC[C@]5(C)[C@H]4CC[C@@]21C)C(=O)NC(C)C. The van der Waals surface area contributed by atoms with Gasteiger partial charge in [-0.25, -0.2) is 4.79 Å². The lowest BCUT2D eigenvalue weighted by Crippen LogP contribution is -2.67. The zero-order valence-electron chi connectivity index (χ0n) is 28.0. The van der Waals surface area contributed by atoms with E-state index in [-0.39, 0.29) is 47.4 Å². The Morgan fingerprint density at radius 3 is 2.39 bits per heavy atom. The van der Waals surface area contributed by atoms with E-state index in [0.29, 0.717) is 44.1 Å². The summed E-state index contributed by atoms with van der Waals surface area (Å²) in [7, 11) is 1.68. The van der Waals surface area contributed by atoms with Gasteiger partial charge in [0.2, 0.25) is 0 Å². The Labute approximate surface area is 265 Å². The van der Waals surface area contributed by atoms with E-state index >= 15 is 0 Å². The van der Waals surface area contributed by atoms with Gasteiger partial charge in [0.15, 0.2) is 5.78 Å². The second-order valence-electron chi connectivity index (χ2n) is 16.4. The fraction of sp³-hybridized carbons (Fsp3) is 0.838. The Bertz CT molecular complexity index is 1190. The highest BCUT2D eigenvalue weighted by molar-refractivity contribution is 6.00. The van der Waals surface area contributed by atoms with Crippen LogP contribution in [-0.2, 0) is 9.53 Å². The number of nitrogens with zero attached hydrogens (tertiary/aromatic N) is 1. The van der Waals surface area contributed by atoms with Crippen molar-refractivity contribution in [3.8, 4) is 0 Å². The maximum atomic E-state index is 14.7. The van der Waals surface area contributed by atoms with Gasteiger partial charge in [0.1, 0.15) is 0 Å². The molecule has 4 fully saturated rings. The molecule has 0 aliphatic heterocycles. The summed E-state index contributed by atoms with van der Waals surface area (Å²) in [5.74, 6) is 0.850. The number of aliphatic hydroxyl groups excluding tert-OH is 1. The van der Waals surface area contributed by atoms with Crippen LogP contribution in [-0.4, -0.2) is 71.5 Å². The third kappa shape index (κ3) is 4.68. The van der Waals surface area contributed by atoms with Gasteiger partial charge >= 0.3 is 6.03 Å². The highest BCUT2D eigenvalue weighted by Crippen LogP contribution is 2.78. The average Bonchev–Trinajstić information content (AvgIpc) is 3.26. The van der Waals surface area contributed by atoms with Crippen molar-refractivity contribution in [2.45, 2.75) is 129 Å². The van der Waals surface area contributed by atoms with Gasteiger partial charge in [-0.15, -0.1) is 0 Å². The molecular formula is C37H58N2O5. The number of ether oxygens (including phenoxy) is 1. The maximum Gasteiger partial charge on any atom is 0.317 e. The molecule has 8 atom stereocenters. The zero-order valence-corrected chi connectivity index (χ0v) is 28.0. The highest BCUT2D eigenvalue weighted by atomic mass is 16.5. The molecule has 7 nitrogen and oxygen atoms in total. The number of carbonyl (C=O) groups excluding carboxylic acids is 2. The third-order valence-electron chi connectivity index (χ3n) is 13.9. The summed E-state index contributed by atoms with van der Waals surface area (Å²) in [6.07, 6.45) is 18.7. The Morgan fingerprint density at radius 2 is 1.68 bits per heavy atom. The van der Waals surface area contributed by atoms with Crippen molar-refractivity contribution in [3.63, 3.8) is 0 Å². The summed E-state index contributed by atoms with van der Waals surface area (Å²) in [4.78, 5) is 29.9. The molecule has 7 heteroatoms. The topological polar surface area (TPSA) is 99.1 Å². The molecule has 7 aliphatic rings. The monoisotopic (exact) mass is 610 g/mol. The van der Waals surface area contributed by atoms with Gasteiger partial charge in [-0.1, -0.05) is 51.3 Å². The number of aliphatic hydroxyl groups is 2. The minimum atomic E-state index is -1.05. The van der Waals surface area contributed by atoms with E-state index in [1.807, 2.05) is 18.7 Å². The number of ketones is 1. The second-order valence-corrected chi connectivity index (χ2v) is 16.4. The van der Waals surface area contributed by atoms with Crippen LogP contribution in [0.1, 0.15) is 111 Å². The maximum absolute atomic E-state index is 14.7. The van der Waals surface area contributed by atoms with Crippen molar-refractivity contribution >= 4 is 11.8 Å². The summed E-state index contributed by atoms with van der Waals surface area (Å²) in [5.41, 5.74) is -1.21. The van der Waals surface area contributed by atoms with E-state index in [0.717, 1.165) is 63.4 Å². The first-order chi connectivity index (χ1) is 20.9. The first-order valence-electron chi connectivity index (χ1n) is 17.8. The molecule has 0 radical (unpaired) electrons. The molecule has 0 aromatic carbocycles. The smallest absolute Gasteiger partial charge is 0.317 e. The summed E-state index contributed by atoms with van der Waals surface area (Å²) in [6.45, 7) is 10.0. The fourth-order valence-electron chi connectivity index (χ4n) is 11.5. The minimum absolute atomic E-state index is 0.00596. The van der Waals surface area contributed by atoms with Crippen LogP contribution in [0.25, 0.3) is 0 Å². The number of amides is 2. The number of hydrogen-bond donors (Lipinski definition) is 3. The molecule has 7 rings (SSSR count). The Kier molecular flexibility index (Phi) is 8.44. The van der Waals surface area contributed by atoms with E-state index in [4.69, 9.17) is 4.74 Å². The molecule has 246 valence electrons. The van der Waals surface area contributed by atoms with E-state index in [1.165, 1.54) is 6.42 Å². The molecule has 44 heavy (non-hydrogen) atoms. The van der Waals surface area contributed by atoms with Gasteiger partial charge < -0.3 is 25.2 Å². The lowest BCUT2D eigenvalue weighted by atomic mass is 9.32. The number of Topliss-reactive ketones (excluding diaryl/α,β-unsaturated/α-hetero) is 1. The van der Waals surface area contributed by atoms with Crippen LogP contribution in [0.2, 0.25) is 0 Å². The van der Waals surface area contributed by atoms with E-state index < -0.39 is 16.4 Å². The Morgan fingerprint density at radius 1 is 1.00 bits per heavy atom. The number of carbonyl (C=O) groups is 2. The van der Waals surface area contributed by atoms with Crippen LogP contribution >= 0.6 is 0 Å². The molecule has 2 bridgehead atoms. The van der Waals surface area contributed by atoms with E-state index in [9.17, 15) is 19.8 Å². The van der Waals surface area contributed by atoms with Gasteiger partial charge in [-0.2, -0.15) is 0 Å². The quantitative estimate of drug-likeness (QED) is 0.214. The summed E-state index contributed by atoms with van der Waals surface area (Å²) in [5, 5.41) is 26.8. The second kappa shape index (κ2) is 11.5. The van der Waals surface area contributed by atoms with Crippen molar-refractivity contribution < 1.29 is 24.5 Å². The predicted octanol–water partition coefficient (Wildman–Crippen LogP) is 6.18. The van der Waals surface area contributed by atoms with Gasteiger partial charge in [0.05, 0.1) is 18.2 Å². The van der Waals surface area contributed by atoms with Gasteiger partial charge in [0, 0.05) is 54.0 Å². The summed E-state index contributed by atoms with van der Waals surface area (Å²) < 4.78 is 5.31. The molecular weight excluding hydrogens is 552 g/mol. The fourth-order valence-corrected chi connectivity index (χ4v) is 11.5. The van der Waals surface area contributed by atoms with Crippen molar-refractivity contribution in [2.75, 3.05) is 26.8 Å². The molecule has 7 aliphatic carbocycles. The number of hydrogen-bond acceptors (Lipinski definition) is 5.